The lowest BCUT2D eigenvalue weighted by Crippen LogP contribution is -2.30. The van der Waals surface area contributed by atoms with Crippen molar-refractivity contribution in [2.45, 2.75) is 38.8 Å². The van der Waals surface area contributed by atoms with Gasteiger partial charge < -0.3 is 4.90 Å². The topological polar surface area (TPSA) is 20.3 Å². The number of hydrogen-bond acceptors (Lipinski definition) is 3. The fourth-order valence-electron chi connectivity index (χ4n) is 2.98. The molecule has 0 spiro atoms. The highest BCUT2D eigenvalue weighted by Crippen LogP contribution is 2.26. The Morgan fingerprint density at radius 1 is 0.920 bits per heavy atom. The quantitative estimate of drug-likeness (QED) is 0.482. The van der Waals surface area contributed by atoms with E-state index in [2.05, 4.69) is 54.1 Å². The third-order valence-electron chi connectivity index (χ3n) is 4.39. The highest BCUT2D eigenvalue weighted by Gasteiger charge is 2.20. The van der Waals surface area contributed by atoms with Gasteiger partial charge in [0.2, 0.25) is 5.91 Å². The van der Waals surface area contributed by atoms with Gasteiger partial charge in [0, 0.05) is 16.2 Å². The lowest BCUT2D eigenvalue weighted by molar-refractivity contribution is -0.132. The molecule has 0 aliphatic heterocycles. The van der Waals surface area contributed by atoms with Crippen molar-refractivity contribution in [2.24, 2.45) is 0 Å². The number of carbonyl (C=O) groups is 1. The van der Waals surface area contributed by atoms with Gasteiger partial charge in [-0.15, -0.1) is 22.7 Å². The van der Waals surface area contributed by atoms with Crippen LogP contribution in [0.25, 0.3) is 0 Å². The highest BCUT2D eigenvalue weighted by molar-refractivity contribution is 7.10. The molecule has 1 amide bonds. The average Bonchev–Trinajstić information content (AvgIpc) is 3.33. The van der Waals surface area contributed by atoms with E-state index in [0.717, 1.165) is 6.42 Å². The number of benzene rings is 1. The maximum atomic E-state index is 13.1. The molecule has 2 nitrogen and oxygen atoms in total. The van der Waals surface area contributed by atoms with Gasteiger partial charge in [-0.2, -0.15) is 0 Å². The molecule has 0 bridgehead atoms. The van der Waals surface area contributed by atoms with Crippen molar-refractivity contribution in [1.82, 2.24) is 4.90 Å². The lowest BCUT2D eigenvalue weighted by Gasteiger charge is -2.24. The summed E-state index contributed by atoms with van der Waals surface area (Å²) in [5.74, 6) is 0.514. The molecule has 1 atom stereocenters. The SMILES string of the molecule is CCC(CC(=O)N(Cc1cccs1)Cc1cccs1)c1ccccc1. The highest BCUT2D eigenvalue weighted by atomic mass is 32.1. The molecule has 1 aromatic carbocycles. The Hall–Kier alpha value is -1.91. The molecule has 130 valence electrons. The normalized spacial score (nSPS) is 12.0. The predicted octanol–water partition coefficient (Wildman–Crippen LogP) is 5.92. The van der Waals surface area contributed by atoms with Crippen molar-refractivity contribution in [3.05, 3.63) is 80.7 Å². The number of thiophene rings is 2. The van der Waals surface area contributed by atoms with Crippen molar-refractivity contribution in [1.29, 1.82) is 0 Å². The zero-order chi connectivity index (χ0) is 17.5. The minimum atomic E-state index is 0.234. The van der Waals surface area contributed by atoms with Crippen LogP contribution < -0.4 is 0 Å². The second-order valence-electron chi connectivity index (χ2n) is 6.13. The summed E-state index contributed by atoms with van der Waals surface area (Å²) in [5, 5.41) is 4.14. The molecule has 0 saturated heterocycles. The van der Waals surface area contributed by atoms with E-state index in [4.69, 9.17) is 0 Å². The molecule has 0 N–H and O–H groups in total. The summed E-state index contributed by atoms with van der Waals surface area (Å²) in [6.07, 6.45) is 1.54. The van der Waals surface area contributed by atoms with Crippen LogP contribution in [0, 0.1) is 0 Å². The van der Waals surface area contributed by atoms with E-state index in [0.29, 0.717) is 19.5 Å². The molecule has 3 rings (SSSR count). The van der Waals surface area contributed by atoms with Crippen LogP contribution in [0.4, 0.5) is 0 Å². The van der Waals surface area contributed by atoms with Gasteiger partial charge in [-0.1, -0.05) is 49.4 Å². The third kappa shape index (κ3) is 5.03. The van der Waals surface area contributed by atoms with E-state index in [1.165, 1.54) is 15.3 Å². The van der Waals surface area contributed by atoms with Crippen LogP contribution >= 0.6 is 22.7 Å². The molecule has 0 aliphatic carbocycles. The number of rotatable bonds is 8. The summed E-state index contributed by atoms with van der Waals surface area (Å²) in [6, 6.07) is 18.7. The van der Waals surface area contributed by atoms with E-state index in [9.17, 15) is 4.79 Å². The third-order valence-corrected chi connectivity index (χ3v) is 6.11. The minimum absolute atomic E-state index is 0.234. The van der Waals surface area contributed by atoms with Gasteiger partial charge in [-0.3, -0.25) is 4.79 Å². The summed E-state index contributed by atoms with van der Waals surface area (Å²) in [4.78, 5) is 17.5. The van der Waals surface area contributed by atoms with Gasteiger partial charge in [-0.25, -0.2) is 0 Å². The van der Waals surface area contributed by atoms with Crippen LogP contribution in [0.15, 0.2) is 65.4 Å². The maximum Gasteiger partial charge on any atom is 0.223 e. The van der Waals surface area contributed by atoms with E-state index < -0.39 is 0 Å². The molecule has 4 heteroatoms. The summed E-state index contributed by atoms with van der Waals surface area (Å²) < 4.78 is 0. The second-order valence-corrected chi connectivity index (χ2v) is 8.19. The predicted molar refractivity (Wildman–Crippen MR) is 107 cm³/mol. The zero-order valence-electron chi connectivity index (χ0n) is 14.4. The Labute approximate surface area is 157 Å². The monoisotopic (exact) mass is 369 g/mol. The number of nitrogens with zero attached hydrogens (tertiary/aromatic N) is 1. The van der Waals surface area contributed by atoms with Crippen LogP contribution in [0.1, 0.15) is 41.0 Å². The Balaban J connectivity index is 1.73. The van der Waals surface area contributed by atoms with Gasteiger partial charge in [0.15, 0.2) is 0 Å². The van der Waals surface area contributed by atoms with Crippen molar-refractivity contribution in [3.63, 3.8) is 0 Å². The van der Waals surface area contributed by atoms with Crippen LogP contribution in [0.5, 0.6) is 0 Å². The maximum absolute atomic E-state index is 13.1. The Bertz CT molecular complexity index is 714. The molecule has 0 fully saturated rings. The molecule has 1 unspecified atom stereocenters. The van der Waals surface area contributed by atoms with Crippen molar-refractivity contribution in [2.75, 3.05) is 0 Å². The molecule has 25 heavy (non-hydrogen) atoms. The van der Waals surface area contributed by atoms with Gasteiger partial charge in [-0.05, 0) is 40.8 Å². The smallest absolute Gasteiger partial charge is 0.223 e. The minimum Gasteiger partial charge on any atom is -0.332 e. The summed E-state index contributed by atoms with van der Waals surface area (Å²) in [6.45, 7) is 3.55. The van der Waals surface area contributed by atoms with E-state index in [1.54, 1.807) is 22.7 Å². The average molecular weight is 370 g/mol. The van der Waals surface area contributed by atoms with E-state index >= 15 is 0 Å². The molecule has 2 heterocycles. The Kier molecular flexibility index (Phi) is 6.42. The first-order valence-electron chi connectivity index (χ1n) is 8.63. The lowest BCUT2D eigenvalue weighted by atomic mass is 9.92. The van der Waals surface area contributed by atoms with Crippen molar-refractivity contribution < 1.29 is 4.79 Å². The summed E-state index contributed by atoms with van der Waals surface area (Å²) >= 11 is 3.42. The van der Waals surface area contributed by atoms with Crippen molar-refractivity contribution >= 4 is 28.6 Å². The van der Waals surface area contributed by atoms with Crippen LogP contribution in [-0.2, 0) is 17.9 Å². The number of amides is 1. The first-order valence-corrected chi connectivity index (χ1v) is 10.4. The zero-order valence-corrected chi connectivity index (χ0v) is 16.1. The van der Waals surface area contributed by atoms with Crippen LogP contribution in [-0.4, -0.2) is 10.8 Å². The molecular weight excluding hydrogens is 346 g/mol. The fourth-order valence-corrected chi connectivity index (χ4v) is 4.42. The molecule has 3 aromatic rings. The second kappa shape index (κ2) is 8.97. The molecule has 0 aliphatic rings. The fraction of sp³-hybridized carbons (Fsp3) is 0.286. The first-order chi connectivity index (χ1) is 12.3. The van der Waals surface area contributed by atoms with Crippen LogP contribution in [0.2, 0.25) is 0 Å². The van der Waals surface area contributed by atoms with Gasteiger partial charge in [0.25, 0.3) is 0 Å². The van der Waals surface area contributed by atoms with Crippen molar-refractivity contribution in [3.8, 4) is 0 Å². The summed E-state index contributed by atoms with van der Waals surface area (Å²) in [7, 11) is 0. The van der Waals surface area contributed by atoms with Gasteiger partial charge in [0.1, 0.15) is 0 Å². The van der Waals surface area contributed by atoms with Gasteiger partial charge >= 0.3 is 0 Å². The molecular formula is C21H23NOS2. The molecule has 0 saturated carbocycles. The number of carbonyl (C=O) groups excluding carboxylic acids is 1. The number of hydrogen-bond donors (Lipinski definition) is 0. The van der Waals surface area contributed by atoms with Crippen LogP contribution in [0.3, 0.4) is 0 Å². The van der Waals surface area contributed by atoms with E-state index in [-0.39, 0.29) is 11.8 Å². The first kappa shape index (κ1) is 17.9. The molecule has 2 aromatic heterocycles. The summed E-state index contributed by atoms with van der Waals surface area (Å²) in [5.41, 5.74) is 1.26. The largest absolute Gasteiger partial charge is 0.332 e. The molecule has 0 radical (unpaired) electrons. The van der Waals surface area contributed by atoms with E-state index in [1.807, 2.05) is 23.1 Å². The van der Waals surface area contributed by atoms with Gasteiger partial charge in [0.05, 0.1) is 13.1 Å². The Morgan fingerprint density at radius 2 is 1.52 bits per heavy atom. The Morgan fingerprint density at radius 3 is 2.00 bits per heavy atom. The standard InChI is InChI=1S/C21H23NOS2/c1-2-17(18-8-4-3-5-9-18)14-21(23)22(15-19-10-6-12-24-19)16-20-11-7-13-25-20/h3-13,17H,2,14-16H2,1H3.